The van der Waals surface area contributed by atoms with Gasteiger partial charge in [-0.25, -0.2) is 8.78 Å². The summed E-state index contributed by atoms with van der Waals surface area (Å²) in [6.07, 6.45) is -2.91. The number of nitrogens with two attached hydrogens (primary N) is 1. The minimum atomic E-state index is -4.24. The van der Waals surface area contributed by atoms with Gasteiger partial charge in [-0.3, -0.25) is 14.6 Å². The maximum Gasteiger partial charge on any atom is 0.391 e. The van der Waals surface area contributed by atoms with Crippen LogP contribution in [0.4, 0.5) is 22.0 Å². The van der Waals surface area contributed by atoms with E-state index in [4.69, 9.17) is 5.73 Å². The minimum absolute atomic E-state index is 0.00430. The lowest BCUT2D eigenvalue weighted by molar-refractivity contribution is -0.185. The maximum absolute atomic E-state index is 14.4. The zero-order valence-corrected chi connectivity index (χ0v) is 17.2. The summed E-state index contributed by atoms with van der Waals surface area (Å²) in [5, 5.41) is -0.00597. The lowest BCUT2D eigenvalue weighted by atomic mass is 9.65. The average Bonchev–Trinajstić information content (AvgIpc) is 2.72. The topological polar surface area (TPSA) is 88.8 Å². The highest BCUT2D eigenvalue weighted by atomic mass is 19.4. The van der Waals surface area contributed by atoms with Crippen molar-refractivity contribution in [3.05, 3.63) is 39.9 Å². The molecule has 0 aromatic carbocycles. The van der Waals surface area contributed by atoms with Crippen LogP contribution in [0.1, 0.15) is 67.0 Å². The van der Waals surface area contributed by atoms with Crippen molar-refractivity contribution in [2.24, 2.45) is 23.5 Å². The van der Waals surface area contributed by atoms with E-state index < -0.39 is 41.7 Å². The second-order valence-corrected chi connectivity index (χ2v) is 9.06. The summed E-state index contributed by atoms with van der Waals surface area (Å²) in [5.41, 5.74) is 5.12. The van der Waals surface area contributed by atoms with E-state index in [0.717, 1.165) is 0 Å². The Hall–Kier alpha value is -2.52. The molecule has 2 saturated carbocycles. The molecule has 10 heteroatoms. The summed E-state index contributed by atoms with van der Waals surface area (Å²) in [4.78, 5) is 31.3. The van der Waals surface area contributed by atoms with Crippen LogP contribution in [0.3, 0.4) is 0 Å². The summed E-state index contributed by atoms with van der Waals surface area (Å²) in [5.74, 6) is -6.22. The van der Waals surface area contributed by atoms with Crippen LogP contribution in [-0.4, -0.2) is 28.0 Å². The highest BCUT2D eigenvalue weighted by Gasteiger charge is 2.48. The normalized spacial score (nSPS) is 28.5. The van der Waals surface area contributed by atoms with Crippen LogP contribution in [0, 0.1) is 17.8 Å². The van der Waals surface area contributed by atoms with Gasteiger partial charge in [-0.05, 0) is 50.0 Å². The molecule has 2 atom stereocenters. The Morgan fingerprint density at radius 3 is 2.47 bits per heavy atom. The molecule has 1 amide bonds. The number of alkyl halides is 5. The molecule has 5 nitrogen and oxygen atoms in total. The zero-order chi connectivity index (χ0) is 23.3. The molecule has 0 saturated heterocycles. The van der Waals surface area contributed by atoms with Crippen LogP contribution < -0.4 is 11.2 Å². The van der Waals surface area contributed by atoms with Gasteiger partial charge in [0.25, 0.3) is 5.91 Å². The molecule has 3 N–H and O–H groups in total. The lowest BCUT2D eigenvalue weighted by Gasteiger charge is -2.43. The Balaban J connectivity index is 1.68. The number of pyridine rings is 2. The molecule has 2 aromatic rings. The predicted octanol–water partition coefficient (Wildman–Crippen LogP) is 4.91. The molecule has 0 aliphatic heterocycles. The molecular formula is C22H24F5N3O2. The summed E-state index contributed by atoms with van der Waals surface area (Å²) in [6.45, 7) is 0. The van der Waals surface area contributed by atoms with Gasteiger partial charge in [-0.15, -0.1) is 0 Å². The molecular weight excluding hydrogens is 433 g/mol. The molecule has 2 aliphatic carbocycles. The van der Waals surface area contributed by atoms with Gasteiger partial charge in [0.15, 0.2) is 5.43 Å². The van der Waals surface area contributed by atoms with Gasteiger partial charge in [0.1, 0.15) is 5.69 Å². The molecule has 2 fully saturated rings. The number of amides is 1. The third-order valence-electron chi connectivity index (χ3n) is 7.11. The van der Waals surface area contributed by atoms with Gasteiger partial charge in [0, 0.05) is 36.7 Å². The Labute approximate surface area is 180 Å². The third kappa shape index (κ3) is 4.36. The van der Waals surface area contributed by atoms with Crippen LogP contribution >= 0.6 is 0 Å². The van der Waals surface area contributed by atoms with Crippen molar-refractivity contribution in [2.45, 2.75) is 63.0 Å². The number of rotatable bonds is 3. The number of carbonyl (C=O) groups is 1. The first kappa shape index (κ1) is 22.7. The van der Waals surface area contributed by atoms with Crippen molar-refractivity contribution in [3.63, 3.8) is 0 Å². The van der Waals surface area contributed by atoms with Crippen molar-refractivity contribution in [1.82, 2.24) is 9.97 Å². The predicted molar refractivity (Wildman–Crippen MR) is 107 cm³/mol. The van der Waals surface area contributed by atoms with Crippen LogP contribution in [0.2, 0.25) is 0 Å². The van der Waals surface area contributed by atoms with Crippen LogP contribution in [0.25, 0.3) is 10.9 Å². The van der Waals surface area contributed by atoms with Gasteiger partial charge in [0.2, 0.25) is 5.92 Å². The van der Waals surface area contributed by atoms with Crippen molar-refractivity contribution >= 4 is 16.8 Å². The molecule has 2 aliphatic rings. The van der Waals surface area contributed by atoms with Gasteiger partial charge >= 0.3 is 6.18 Å². The highest BCUT2D eigenvalue weighted by molar-refractivity contribution is 6.03. The van der Waals surface area contributed by atoms with Crippen molar-refractivity contribution in [3.8, 4) is 0 Å². The fourth-order valence-corrected chi connectivity index (χ4v) is 5.54. The van der Waals surface area contributed by atoms with E-state index >= 15 is 0 Å². The van der Waals surface area contributed by atoms with Crippen LogP contribution in [0.15, 0.2) is 23.1 Å². The first-order chi connectivity index (χ1) is 15.0. The van der Waals surface area contributed by atoms with Gasteiger partial charge < -0.3 is 10.7 Å². The van der Waals surface area contributed by atoms with Crippen molar-refractivity contribution < 1.29 is 26.7 Å². The van der Waals surface area contributed by atoms with Gasteiger partial charge in [0.05, 0.1) is 16.8 Å². The molecule has 2 aromatic heterocycles. The van der Waals surface area contributed by atoms with Crippen molar-refractivity contribution in [2.75, 3.05) is 0 Å². The number of halogens is 5. The van der Waals surface area contributed by atoms with Crippen LogP contribution in [-0.2, 0) is 0 Å². The first-order valence-corrected chi connectivity index (χ1v) is 10.7. The number of nitrogens with one attached hydrogen (secondary N) is 1. The smallest absolute Gasteiger partial charge is 0.364 e. The van der Waals surface area contributed by atoms with Gasteiger partial charge in [-0.1, -0.05) is 0 Å². The number of fused-ring (bicyclic) bond motifs is 1. The van der Waals surface area contributed by atoms with E-state index in [-0.39, 0.29) is 54.1 Å². The number of hydrogen-bond donors (Lipinski definition) is 2. The molecule has 0 spiro atoms. The third-order valence-corrected chi connectivity index (χ3v) is 7.11. The Morgan fingerprint density at radius 1 is 1.16 bits per heavy atom. The van der Waals surface area contributed by atoms with Crippen LogP contribution in [0.5, 0.6) is 0 Å². The number of nitrogens with zero attached hydrogens (tertiary/aromatic N) is 1. The lowest BCUT2D eigenvalue weighted by Crippen LogP contribution is -2.38. The SMILES string of the molecule is NC(=O)c1nccc2[nH]c(C3CC(F)(F)CC[C@H]3C3CCC(C(F)(F)F)CC3)cc(=O)c12. The zero-order valence-electron chi connectivity index (χ0n) is 17.2. The largest absolute Gasteiger partial charge is 0.391 e. The number of primary amides is 1. The van der Waals surface area contributed by atoms with E-state index in [2.05, 4.69) is 9.97 Å². The Morgan fingerprint density at radius 2 is 1.84 bits per heavy atom. The average molecular weight is 457 g/mol. The fraction of sp³-hybridized carbons (Fsp3) is 0.591. The van der Waals surface area contributed by atoms with E-state index in [9.17, 15) is 31.5 Å². The Kier molecular flexibility index (Phi) is 5.75. The number of carbonyl (C=O) groups excluding carboxylic acids is 1. The molecule has 2 heterocycles. The molecule has 0 radical (unpaired) electrons. The molecule has 4 rings (SSSR count). The summed E-state index contributed by atoms with van der Waals surface area (Å²) < 4.78 is 67.9. The van der Waals surface area contributed by atoms with E-state index in [1.165, 1.54) is 18.3 Å². The second-order valence-electron chi connectivity index (χ2n) is 9.06. The van der Waals surface area contributed by atoms with Crippen molar-refractivity contribution in [1.29, 1.82) is 0 Å². The molecule has 0 bridgehead atoms. The molecule has 1 unspecified atom stereocenters. The second kappa shape index (κ2) is 8.12. The van der Waals surface area contributed by atoms with Gasteiger partial charge in [-0.2, -0.15) is 13.2 Å². The van der Waals surface area contributed by atoms with E-state index in [1.54, 1.807) is 0 Å². The number of hydrogen-bond acceptors (Lipinski definition) is 3. The number of aromatic nitrogens is 2. The van der Waals surface area contributed by atoms with E-state index in [1.807, 2.05) is 0 Å². The molecule has 32 heavy (non-hydrogen) atoms. The first-order valence-electron chi connectivity index (χ1n) is 10.7. The highest BCUT2D eigenvalue weighted by Crippen LogP contribution is 2.52. The monoisotopic (exact) mass is 457 g/mol. The summed E-state index contributed by atoms with van der Waals surface area (Å²) >= 11 is 0. The number of H-pyrrole nitrogens is 1. The minimum Gasteiger partial charge on any atom is -0.364 e. The number of aromatic amines is 1. The Bertz CT molecular complexity index is 1070. The fourth-order valence-electron chi connectivity index (χ4n) is 5.54. The summed E-state index contributed by atoms with van der Waals surface area (Å²) in [6, 6.07) is 2.67. The standard InChI is InChI=1S/C22H24F5N3O2/c23-21(24)7-5-13(11-1-3-12(4-2-11)22(25,26)27)14(10-21)16-9-17(31)18-15(30-16)6-8-29-19(18)20(28)32/h6,8-9,11-14H,1-5,7,10H2,(H2,28,32)(H,30,31)/t11?,12?,13-,14?/m0/s1. The maximum atomic E-state index is 14.4. The quantitative estimate of drug-likeness (QED) is 0.642. The molecule has 174 valence electrons. The van der Waals surface area contributed by atoms with E-state index in [0.29, 0.717) is 18.5 Å². The summed E-state index contributed by atoms with van der Waals surface area (Å²) in [7, 11) is 0.